The van der Waals surface area contributed by atoms with Crippen LogP contribution < -0.4 is 15.4 Å². The number of piperidine rings is 1. The molecule has 0 radical (unpaired) electrons. The number of anilines is 2. The number of ether oxygens (including phenoxy) is 1. The first-order valence-electron chi connectivity index (χ1n) is 6.72. The van der Waals surface area contributed by atoms with E-state index in [1.807, 2.05) is 12.1 Å². The van der Waals surface area contributed by atoms with Crippen molar-refractivity contribution in [2.45, 2.75) is 33.2 Å². The zero-order chi connectivity index (χ0) is 13.3. The number of benzene rings is 1. The molecule has 1 saturated heterocycles. The van der Waals surface area contributed by atoms with Gasteiger partial charge in [0.25, 0.3) is 0 Å². The average Bonchev–Trinajstić information content (AvgIpc) is 2.32. The van der Waals surface area contributed by atoms with E-state index in [1.165, 1.54) is 12.1 Å². The van der Waals surface area contributed by atoms with Gasteiger partial charge in [0, 0.05) is 36.1 Å². The Morgan fingerprint density at radius 2 is 1.94 bits per heavy atom. The highest BCUT2D eigenvalue weighted by Crippen LogP contribution is 2.34. The number of nitrogens with two attached hydrogens (primary N) is 1. The molecule has 1 aromatic rings. The van der Waals surface area contributed by atoms with Crippen LogP contribution in [0.25, 0.3) is 0 Å². The van der Waals surface area contributed by atoms with Crippen LogP contribution in [-0.2, 0) is 0 Å². The second kappa shape index (κ2) is 5.09. The topological polar surface area (TPSA) is 38.5 Å². The molecule has 3 unspecified atom stereocenters. The van der Waals surface area contributed by atoms with E-state index < -0.39 is 0 Å². The molecular weight excluding hydrogens is 224 g/mol. The smallest absolute Gasteiger partial charge is 0.122 e. The minimum atomic E-state index is 0.549. The Bertz CT molecular complexity index is 419. The monoisotopic (exact) mass is 248 g/mol. The van der Waals surface area contributed by atoms with Gasteiger partial charge >= 0.3 is 0 Å². The molecular formula is C15H24N2O. The van der Waals surface area contributed by atoms with E-state index in [4.69, 9.17) is 10.5 Å². The molecule has 1 aromatic carbocycles. The van der Waals surface area contributed by atoms with Gasteiger partial charge in [0.2, 0.25) is 0 Å². The first-order chi connectivity index (χ1) is 8.51. The quantitative estimate of drug-likeness (QED) is 0.817. The molecule has 0 aromatic heterocycles. The van der Waals surface area contributed by atoms with Crippen molar-refractivity contribution >= 4 is 11.4 Å². The normalized spacial score (nSPS) is 28.2. The Hall–Kier alpha value is -1.38. The third-order valence-electron chi connectivity index (χ3n) is 4.08. The molecule has 3 nitrogen and oxygen atoms in total. The first kappa shape index (κ1) is 13.1. The van der Waals surface area contributed by atoms with Gasteiger partial charge in [0.05, 0.1) is 7.11 Å². The highest BCUT2D eigenvalue weighted by Gasteiger charge is 2.29. The highest BCUT2D eigenvalue weighted by atomic mass is 16.5. The van der Waals surface area contributed by atoms with Crippen molar-refractivity contribution in [2.24, 2.45) is 11.8 Å². The molecule has 3 heteroatoms. The fourth-order valence-electron chi connectivity index (χ4n) is 2.95. The molecule has 1 aliphatic heterocycles. The first-order valence-corrected chi connectivity index (χ1v) is 6.72. The van der Waals surface area contributed by atoms with E-state index in [-0.39, 0.29) is 0 Å². The fourth-order valence-corrected chi connectivity index (χ4v) is 2.95. The maximum atomic E-state index is 5.95. The minimum Gasteiger partial charge on any atom is -0.497 e. The van der Waals surface area contributed by atoms with Gasteiger partial charge in [-0.1, -0.05) is 13.8 Å². The Morgan fingerprint density at radius 1 is 1.22 bits per heavy atom. The lowest BCUT2D eigenvalue weighted by Crippen LogP contribution is -2.45. The van der Waals surface area contributed by atoms with Crippen LogP contribution in [0.3, 0.4) is 0 Å². The molecule has 2 rings (SSSR count). The van der Waals surface area contributed by atoms with Crippen LogP contribution in [0.5, 0.6) is 5.75 Å². The summed E-state index contributed by atoms with van der Waals surface area (Å²) in [6.07, 6.45) is 1.30. The largest absolute Gasteiger partial charge is 0.497 e. The third kappa shape index (κ3) is 2.55. The van der Waals surface area contributed by atoms with Crippen molar-refractivity contribution in [1.82, 2.24) is 0 Å². The van der Waals surface area contributed by atoms with Crippen LogP contribution in [0, 0.1) is 11.8 Å². The summed E-state index contributed by atoms with van der Waals surface area (Å²) >= 11 is 0. The zero-order valence-electron chi connectivity index (χ0n) is 11.8. The van der Waals surface area contributed by atoms with Gasteiger partial charge in [-0.25, -0.2) is 0 Å². The lowest BCUT2D eigenvalue weighted by molar-refractivity contribution is 0.297. The number of hydrogen-bond donors (Lipinski definition) is 1. The summed E-state index contributed by atoms with van der Waals surface area (Å²) in [5.41, 5.74) is 7.89. The number of hydrogen-bond acceptors (Lipinski definition) is 3. The summed E-state index contributed by atoms with van der Waals surface area (Å²) in [4.78, 5) is 2.46. The fraction of sp³-hybridized carbons (Fsp3) is 0.600. The average molecular weight is 248 g/mol. The molecule has 1 heterocycles. The summed E-state index contributed by atoms with van der Waals surface area (Å²) in [7, 11) is 1.68. The Balaban J connectivity index is 2.31. The SMILES string of the molecule is COc1cc(N)cc(N2CC(C)CC(C)C2C)c1. The van der Waals surface area contributed by atoms with Crippen LogP contribution in [0.15, 0.2) is 18.2 Å². The Kier molecular flexibility index (Phi) is 3.69. The summed E-state index contributed by atoms with van der Waals surface area (Å²) < 4.78 is 5.31. The van der Waals surface area contributed by atoms with Gasteiger partial charge in [-0.05, 0) is 31.2 Å². The Morgan fingerprint density at radius 3 is 2.61 bits per heavy atom. The van der Waals surface area contributed by atoms with E-state index in [1.54, 1.807) is 7.11 Å². The molecule has 1 fully saturated rings. The van der Waals surface area contributed by atoms with Gasteiger partial charge in [0.1, 0.15) is 5.75 Å². The van der Waals surface area contributed by atoms with E-state index in [2.05, 4.69) is 31.7 Å². The van der Waals surface area contributed by atoms with E-state index in [9.17, 15) is 0 Å². The maximum absolute atomic E-state index is 5.95. The molecule has 1 aliphatic rings. The van der Waals surface area contributed by atoms with Gasteiger partial charge in [0.15, 0.2) is 0 Å². The van der Waals surface area contributed by atoms with Crippen molar-refractivity contribution in [3.05, 3.63) is 18.2 Å². The van der Waals surface area contributed by atoms with Gasteiger partial charge in [-0.3, -0.25) is 0 Å². The standard InChI is InChI=1S/C15H24N2O/c1-10-5-11(2)12(3)17(9-10)14-6-13(16)7-15(8-14)18-4/h6-8,10-12H,5,9,16H2,1-4H3. The zero-order valence-corrected chi connectivity index (χ0v) is 11.8. The predicted molar refractivity (Wildman–Crippen MR) is 77.2 cm³/mol. The summed E-state index contributed by atoms with van der Waals surface area (Å²) in [6.45, 7) is 8.04. The molecule has 100 valence electrons. The van der Waals surface area contributed by atoms with Crippen molar-refractivity contribution in [3.63, 3.8) is 0 Å². The van der Waals surface area contributed by atoms with Crippen LogP contribution in [-0.4, -0.2) is 19.7 Å². The van der Waals surface area contributed by atoms with Crippen LogP contribution in [0.4, 0.5) is 11.4 Å². The van der Waals surface area contributed by atoms with Crippen molar-refractivity contribution < 1.29 is 4.74 Å². The number of nitrogen functional groups attached to an aromatic ring is 1. The lowest BCUT2D eigenvalue weighted by atomic mass is 9.85. The summed E-state index contributed by atoms with van der Waals surface area (Å²) in [6, 6.07) is 6.54. The molecule has 0 bridgehead atoms. The van der Waals surface area contributed by atoms with Crippen molar-refractivity contribution in [1.29, 1.82) is 0 Å². The molecule has 3 atom stereocenters. The molecule has 0 saturated carbocycles. The molecule has 0 amide bonds. The molecule has 18 heavy (non-hydrogen) atoms. The van der Waals surface area contributed by atoms with Gasteiger partial charge in [-0.2, -0.15) is 0 Å². The van der Waals surface area contributed by atoms with E-state index >= 15 is 0 Å². The van der Waals surface area contributed by atoms with Crippen LogP contribution >= 0.6 is 0 Å². The van der Waals surface area contributed by atoms with Gasteiger partial charge < -0.3 is 15.4 Å². The van der Waals surface area contributed by atoms with Crippen molar-refractivity contribution in [2.75, 3.05) is 24.3 Å². The second-order valence-corrected chi connectivity index (χ2v) is 5.68. The molecule has 2 N–H and O–H groups in total. The van der Waals surface area contributed by atoms with Crippen LogP contribution in [0.1, 0.15) is 27.2 Å². The molecule has 0 aliphatic carbocycles. The predicted octanol–water partition coefficient (Wildman–Crippen LogP) is 3.15. The Labute approximate surface area is 110 Å². The van der Waals surface area contributed by atoms with E-state index in [0.29, 0.717) is 12.0 Å². The number of rotatable bonds is 2. The second-order valence-electron chi connectivity index (χ2n) is 5.68. The number of methoxy groups -OCH3 is 1. The van der Waals surface area contributed by atoms with E-state index in [0.717, 1.165) is 23.9 Å². The van der Waals surface area contributed by atoms with Gasteiger partial charge in [-0.15, -0.1) is 0 Å². The molecule has 0 spiro atoms. The maximum Gasteiger partial charge on any atom is 0.122 e. The number of nitrogens with zero attached hydrogens (tertiary/aromatic N) is 1. The lowest BCUT2D eigenvalue weighted by Gasteiger charge is -2.42. The van der Waals surface area contributed by atoms with Crippen LogP contribution in [0.2, 0.25) is 0 Å². The minimum absolute atomic E-state index is 0.549. The highest BCUT2D eigenvalue weighted by molar-refractivity contribution is 5.61. The summed E-state index contributed by atoms with van der Waals surface area (Å²) in [5, 5.41) is 0. The third-order valence-corrected chi connectivity index (χ3v) is 4.08. The summed E-state index contributed by atoms with van der Waals surface area (Å²) in [5.74, 6) is 2.27. The van der Waals surface area contributed by atoms with Crippen molar-refractivity contribution in [3.8, 4) is 5.75 Å².